The first-order valence-corrected chi connectivity index (χ1v) is 8.10. The molecule has 0 aliphatic carbocycles. The van der Waals surface area contributed by atoms with Crippen molar-refractivity contribution in [1.82, 2.24) is 4.90 Å². The molecule has 1 fully saturated rings. The van der Waals surface area contributed by atoms with Crippen molar-refractivity contribution in [2.45, 2.75) is 18.9 Å². The van der Waals surface area contributed by atoms with Crippen LogP contribution in [-0.4, -0.2) is 60.9 Å². The highest BCUT2D eigenvalue weighted by atomic mass is 35.5. The van der Waals surface area contributed by atoms with Gasteiger partial charge in [0.1, 0.15) is 13.2 Å². The highest BCUT2D eigenvalue weighted by Crippen LogP contribution is 2.38. The molecular weight excluding hydrogens is 338 g/mol. The van der Waals surface area contributed by atoms with Crippen molar-refractivity contribution in [3.8, 4) is 11.5 Å². The average Bonchev–Trinajstić information content (AvgIpc) is 2.54. The maximum absolute atomic E-state index is 12.5. The number of rotatable bonds is 4. The average molecular weight is 356 g/mol. The molecule has 1 aromatic rings. The Morgan fingerprint density at radius 3 is 2.83 bits per heavy atom. The Kier molecular flexibility index (Phi) is 5.11. The van der Waals surface area contributed by atoms with Crippen LogP contribution in [0.15, 0.2) is 12.1 Å². The minimum absolute atomic E-state index is 0.0959. The van der Waals surface area contributed by atoms with Crippen molar-refractivity contribution in [2.24, 2.45) is 0 Å². The number of carboxylic acids is 1. The Morgan fingerprint density at radius 2 is 2.04 bits per heavy atom. The predicted molar refractivity (Wildman–Crippen MR) is 84.7 cm³/mol. The van der Waals surface area contributed by atoms with Crippen LogP contribution >= 0.6 is 11.6 Å². The SMILES string of the molecule is O=C(O)C[C@H]1CN(C(=O)Cc2cc(Cl)c3c(c2)OCCO3)CCO1. The smallest absolute Gasteiger partial charge is 0.306 e. The van der Waals surface area contributed by atoms with Gasteiger partial charge in [0.2, 0.25) is 5.91 Å². The van der Waals surface area contributed by atoms with Crippen LogP contribution in [0.2, 0.25) is 5.02 Å². The minimum Gasteiger partial charge on any atom is -0.486 e. The fraction of sp³-hybridized carbons (Fsp3) is 0.500. The topological polar surface area (TPSA) is 85.3 Å². The molecule has 1 atom stereocenters. The van der Waals surface area contributed by atoms with E-state index in [1.807, 2.05) is 0 Å². The van der Waals surface area contributed by atoms with Crippen molar-refractivity contribution in [1.29, 1.82) is 0 Å². The van der Waals surface area contributed by atoms with Gasteiger partial charge in [0.15, 0.2) is 11.5 Å². The number of aliphatic carboxylic acids is 1. The summed E-state index contributed by atoms with van der Waals surface area (Å²) in [6.45, 7) is 1.97. The van der Waals surface area contributed by atoms with Crippen molar-refractivity contribution in [2.75, 3.05) is 32.9 Å². The van der Waals surface area contributed by atoms with Crippen LogP contribution < -0.4 is 9.47 Å². The highest BCUT2D eigenvalue weighted by Gasteiger charge is 2.26. The van der Waals surface area contributed by atoms with Gasteiger partial charge in [-0.3, -0.25) is 9.59 Å². The van der Waals surface area contributed by atoms with E-state index >= 15 is 0 Å². The summed E-state index contributed by atoms with van der Waals surface area (Å²) in [7, 11) is 0. The normalized spacial score (nSPS) is 19.9. The number of morpholine rings is 1. The number of amides is 1. The van der Waals surface area contributed by atoms with Gasteiger partial charge in [0.05, 0.1) is 30.6 Å². The fourth-order valence-electron chi connectivity index (χ4n) is 2.82. The number of carbonyl (C=O) groups is 2. The van der Waals surface area contributed by atoms with Crippen molar-refractivity contribution >= 4 is 23.5 Å². The zero-order valence-corrected chi connectivity index (χ0v) is 13.8. The van der Waals surface area contributed by atoms with Gasteiger partial charge in [0.25, 0.3) is 0 Å². The van der Waals surface area contributed by atoms with Crippen LogP contribution in [0, 0.1) is 0 Å². The third-order valence-electron chi connectivity index (χ3n) is 3.91. The Morgan fingerprint density at radius 1 is 1.25 bits per heavy atom. The molecule has 1 aromatic carbocycles. The summed E-state index contributed by atoms with van der Waals surface area (Å²) < 4.78 is 16.4. The second-order valence-corrected chi connectivity index (χ2v) is 6.12. The molecule has 0 spiro atoms. The van der Waals surface area contributed by atoms with Crippen LogP contribution in [0.1, 0.15) is 12.0 Å². The van der Waals surface area contributed by atoms with Gasteiger partial charge in [0, 0.05) is 13.1 Å². The van der Waals surface area contributed by atoms with Gasteiger partial charge in [-0.05, 0) is 17.7 Å². The quantitative estimate of drug-likeness (QED) is 0.877. The van der Waals surface area contributed by atoms with Crippen LogP contribution in [0.3, 0.4) is 0 Å². The molecule has 2 aliphatic rings. The lowest BCUT2D eigenvalue weighted by atomic mass is 10.1. The first-order valence-electron chi connectivity index (χ1n) is 7.72. The standard InChI is InChI=1S/C16H18ClNO6/c17-12-5-10(6-13-16(12)24-4-3-23-13)7-14(19)18-1-2-22-11(9-18)8-15(20)21/h5-6,11H,1-4,7-9H2,(H,20,21)/t11-/m0/s1. The summed E-state index contributed by atoms with van der Waals surface area (Å²) >= 11 is 6.18. The molecule has 0 saturated carbocycles. The van der Waals surface area contributed by atoms with E-state index in [-0.39, 0.29) is 25.3 Å². The largest absolute Gasteiger partial charge is 0.486 e. The van der Waals surface area contributed by atoms with Crippen molar-refractivity contribution in [3.05, 3.63) is 22.7 Å². The highest BCUT2D eigenvalue weighted by molar-refractivity contribution is 6.32. The van der Waals surface area contributed by atoms with E-state index in [0.29, 0.717) is 42.9 Å². The third kappa shape index (κ3) is 3.91. The molecule has 2 aliphatic heterocycles. The Labute approximate surface area is 144 Å². The van der Waals surface area contributed by atoms with Gasteiger partial charge in [-0.25, -0.2) is 0 Å². The third-order valence-corrected chi connectivity index (χ3v) is 4.19. The van der Waals surface area contributed by atoms with Gasteiger partial charge < -0.3 is 24.2 Å². The van der Waals surface area contributed by atoms with Gasteiger partial charge in [-0.1, -0.05) is 11.6 Å². The number of halogens is 1. The van der Waals surface area contributed by atoms with E-state index in [1.54, 1.807) is 17.0 Å². The lowest BCUT2D eigenvalue weighted by molar-refractivity contribution is -0.147. The number of benzene rings is 1. The summed E-state index contributed by atoms with van der Waals surface area (Å²) in [5.41, 5.74) is 0.732. The second kappa shape index (κ2) is 7.27. The molecule has 7 nitrogen and oxygen atoms in total. The summed E-state index contributed by atoms with van der Waals surface area (Å²) in [5.74, 6) is 0.0173. The first-order chi connectivity index (χ1) is 11.5. The number of hydrogen-bond acceptors (Lipinski definition) is 5. The molecule has 24 heavy (non-hydrogen) atoms. The van der Waals surface area contributed by atoms with Crippen LogP contribution in [0.5, 0.6) is 11.5 Å². The molecule has 0 unspecified atom stereocenters. The Hall–Kier alpha value is -1.99. The zero-order chi connectivity index (χ0) is 17.1. The Balaban J connectivity index is 1.66. The van der Waals surface area contributed by atoms with E-state index in [9.17, 15) is 9.59 Å². The minimum atomic E-state index is -0.937. The van der Waals surface area contributed by atoms with Crippen LogP contribution in [-0.2, 0) is 20.7 Å². The molecule has 0 aromatic heterocycles. The summed E-state index contributed by atoms with van der Waals surface area (Å²) in [6.07, 6.45) is -0.417. The number of ether oxygens (including phenoxy) is 3. The van der Waals surface area contributed by atoms with Crippen molar-refractivity contribution in [3.63, 3.8) is 0 Å². The molecule has 3 rings (SSSR count). The van der Waals surface area contributed by atoms with Gasteiger partial charge >= 0.3 is 5.97 Å². The first kappa shape index (κ1) is 16.9. The lowest BCUT2D eigenvalue weighted by Crippen LogP contribution is -2.46. The second-order valence-electron chi connectivity index (χ2n) is 5.71. The monoisotopic (exact) mass is 355 g/mol. The lowest BCUT2D eigenvalue weighted by Gasteiger charge is -2.32. The number of carbonyl (C=O) groups excluding carboxylic acids is 1. The molecule has 0 radical (unpaired) electrons. The van der Waals surface area contributed by atoms with Gasteiger partial charge in [-0.2, -0.15) is 0 Å². The molecule has 1 saturated heterocycles. The predicted octanol–water partition coefficient (Wildman–Crippen LogP) is 1.36. The molecule has 1 N–H and O–H groups in total. The number of hydrogen-bond donors (Lipinski definition) is 1. The van der Waals surface area contributed by atoms with Crippen molar-refractivity contribution < 1.29 is 28.9 Å². The molecular formula is C16H18ClNO6. The fourth-order valence-corrected chi connectivity index (χ4v) is 3.10. The maximum Gasteiger partial charge on any atom is 0.306 e. The molecule has 1 amide bonds. The van der Waals surface area contributed by atoms with E-state index in [0.717, 1.165) is 5.56 Å². The Bertz CT molecular complexity index is 650. The summed E-state index contributed by atoms with van der Waals surface area (Å²) in [4.78, 5) is 24.9. The number of fused-ring (bicyclic) bond motifs is 1. The number of carboxylic acid groups (broad SMARTS) is 1. The summed E-state index contributed by atoms with van der Waals surface area (Å²) in [5, 5.41) is 9.26. The molecule has 8 heteroatoms. The number of nitrogens with zero attached hydrogens (tertiary/aromatic N) is 1. The maximum atomic E-state index is 12.5. The molecule has 130 valence electrons. The van der Waals surface area contributed by atoms with E-state index < -0.39 is 12.1 Å². The van der Waals surface area contributed by atoms with E-state index in [4.69, 9.17) is 30.9 Å². The zero-order valence-electron chi connectivity index (χ0n) is 13.0. The van der Waals surface area contributed by atoms with Gasteiger partial charge in [-0.15, -0.1) is 0 Å². The van der Waals surface area contributed by atoms with Crippen LogP contribution in [0.25, 0.3) is 0 Å². The molecule has 2 heterocycles. The molecule has 0 bridgehead atoms. The van der Waals surface area contributed by atoms with Crippen LogP contribution in [0.4, 0.5) is 0 Å². The summed E-state index contributed by atoms with van der Waals surface area (Å²) in [6, 6.07) is 3.45. The van der Waals surface area contributed by atoms with E-state index in [1.165, 1.54) is 0 Å². The van der Waals surface area contributed by atoms with E-state index in [2.05, 4.69) is 0 Å².